The van der Waals surface area contributed by atoms with Crippen molar-refractivity contribution in [1.29, 1.82) is 0 Å². The standard InChI is InChI=1S/C17H24FN3O3S/c1-19(16-6-11-25(23,24)13-16)17(22)12-20-7-9-21(10-8-20)15-4-2-14(18)3-5-15/h2-5,16H,6-13H2,1H3. The third kappa shape index (κ3) is 4.49. The van der Waals surface area contributed by atoms with Gasteiger partial charge in [0.2, 0.25) is 5.91 Å². The minimum absolute atomic E-state index is 0.0302. The second kappa shape index (κ2) is 7.29. The van der Waals surface area contributed by atoms with E-state index in [1.165, 1.54) is 12.1 Å². The normalized spacial score (nSPS) is 23.6. The molecule has 0 aromatic heterocycles. The number of halogens is 1. The van der Waals surface area contributed by atoms with Crippen molar-refractivity contribution in [1.82, 2.24) is 9.80 Å². The van der Waals surface area contributed by atoms with Gasteiger partial charge in [-0.05, 0) is 30.7 Å². The van der Waals surface area contributed by atoms with E-state index in [4.69, 9.17) is 0 Å². The van der Waals surface area contributed by atoms with Gasteiger partial charge in [0.25, 0.3) is 0 Å². The Labute approximate surface area is 148 Å². The van der Waals surface area contributed by atoms with Crippen molar-refractivity contribution < 1.29 is 17.6 Å². The number of piperazine rings is 1. The average molecular weight is 369 g/mol. The van der Waals surface area contributed by atoms with Gasteiger partial charge >= 0.3 is 0 Å². The van der Waals surface area contributed by atoms with Crippen LogP contribution in [0.5, 0.6) is 0 Å². The molecule has 2 aliphatic heterocycles. The molecule has 0 radical (unpaired) electrons. The third-order valence-electron chi connectivity index (χ3n) is 5.07. The van der Waals surface area contributed by atoms with Crippen LogP contribution in [0.15, 0.2) is 24.3 Å². The molecule has 8 heteroatoms. The van der Waals surface area contributed by atoms with Crippen molar-refractivity contribution in [3.8, 4) is 0 Å². The Morgan fingerprint density at radius 3 is 2.40 bits per heavy atom. The number of nitrogens with zero attached hydrogens (tertiary/aromatic N) is 3. The van der Waals surface area contributed by atoms with Gasteiger partial charge in [-0.2, -0.15) is 0 Å². The molecule has 6 nitrogen and oxygen atoms in total. The summed E-state index contributed by atoms with van der Waals surface area (Å²) in [5, 5.41) is 0. The largest absolute Gasteiger partial charge is 0.369 e. The molecular weight excluding hydrogens is 345 g/mol. The molecule has 0 spiro atoms. The van der Waals surface area contributed by atoms with Crippen molar-refractivity contribution in [2.75, 3.05) is 56.2 Å². The molecule has 25 heavy (non-hydrogen) atoms. The molecule has 1 aromatic rings. The Kier molecular flexibility index (Phi) is 5.29. The monoisotopic (exact) mass is 369 g/mol. The first-order valence-electron chi connectivity index (χ1n) is 8.53. The van der Waals surface area contributed by atoms with Gasteiger partial charge in [0, 0.05) is 45.0 Å². The number of likely N-dealkylation sites (N-methyl/N-ethyl adjacent to an activating group) is 1. The van der Waals surface area contributed by atoms with Crippen molar-refractivity contribution in [2.24, 2.45) is 0 Å². The van der Waals surface area contributed by atoms with E-state index in [9.17, 15) is 17.6 Å². The van der Waals surface area contributed by atoms with Crippen LogP contribution in [0.1, 0.15) is 6.42 Å². The molecule has 0 bridgehead atoms. The van der Waals surface area contributed by atoms with E-state index < -0.39 is 9.84 Å². The van der Waals surface area contributed by atoms with Crippen LogP contribution in [-0.4, -0.2) is 81.4 Å². The molecule has 2 aliphatic rings. The van der Waals surface area contributed by atoms with Crippen LogP contribution >= 0.6 is 0 Å². The topological polar surface area (TPSA) is 60.9 Å². The highest BCUT2D eigenvalue weighted by Crippen LogP contribution is 2.18. The first-order chi connectivity index (χ1) is 11.8. The van der Waals surface area contributed by atoms with Gasteiger partial charge in [-0.15, -0.1) is 0 Å². The van der Waals surface area contributed by atoms with Gasteiger partial charge in [-0.1, -0.05) is 0 Å². The molecule has 2 heterocycles. The minimum Gasteiger partial charge on any atom is -0.369 e. The molecule has 2 saturated heterocycles. The maximum Gasteiger partial charge on any atom is 0.236 e. The first-order valence-corrected chi connectivity index (χ1v) is 10.4. The Bertz CT molecular complexity index is 715. The molecule has 1 atom stereocenters. The van der Waals surface area contributed by atoms with E-state index >= 15 is 0 Å². The van der Waals surface area contributed by atoms with Crippen LogP contribution < -0.4 is 4.90 Å². The lowest BCUT2D eigenvalue weighted by Crippen LogP contribution is -2.51. The Balaban J connectivity index is 1.48. The van der Waals surface area contributed by atoms with Crippen LogP contribution in [0.4, 0.5) is 10.1 Å². The number of benzene rings is 1. The lowest BCUT2D eigenvalue weighted by Gasteiger charge is -2.36. The van der Waals surface area contributed by atoms with E-state index in [2.05, 4.69) is 9.80 Å². The zero-order valence-corrected chi connectivity index (χ0v) is 15.2. The van der Waals surface area contributed by atoms with Crippen LogP contribution in [0.3, 0.4) is 0 Å². The molecule has 3 rings (SSSR count). The van der Waals surface area contributed by atoms with Crippen LogP contribution in [0.2, 0.25) is 0 Å². The quantitative estimate of drug-likeness (QED) is 0.778. The molecule has 1 unspecified atom stereocenters. The summed E-state index contributed by atoms with van der Waals surface area (Å²) >= 11 is 0. The van der Waals surface area contributed by atoms with Gasteiger partial charge < -0.3 is 9.80 Å². The summed E-state index contributed by atoms with van der Waals surface area (Å²) in [4.78, 5) is 18.3. The summed E-state index contributed by atoms with van der Waals surface area (Å²) in [7, 11) is -1.29. The third-order valence-corrected chi connectivity index (χ3v) is 6.82. The fourth-order valence-corrected chi connectivity index (χ4v) is 5.18. The SMILES string of the molecule is CN(C(=O)CN1CCN(c2ccc(F)cc2)CC1)C1CCS(=O)(=O)C1. The van der Waals surface area contributed by atoms with Gasteiger partial charge in [0.1, 0.15) is 5.82 Å². The molecule has 0 N–H and O–H groups in total. The molecule has 1 aromatic carbocycles. The molecule has 1 amide bonds. The Morgan fingerprint density at radius 2 is 1.84 bits per heavy atom. The predicted octanol–water partition coefficient (Wildman–Crippen LogP) is 0.593. The smallest absolute Gasteiger partial charge is 0.236 e. The maximum absolute atomic E-state index is 13.0. The van der Waals surface area contributed by atoms with Gasteiger partial charge in [0.05, 0.1) is 18.1 Å². The van der Waals surface area contributed by atoms with Crippen molar-refractivity contribution in [3.05, 3.63) is 30.1 Å². The van der Waals surface area contributed by atoms with Crippen LogP contribution in [0.25, 0.3) is 0 Å². The number of sulfone groups is 1. The second-order valence-electron chi connectivity index (χ2n) is 6.80. The number of carbonyl (C=O) groups excluding carboxylic acids is 1. The zero-order chi connectivity index (χ0) is 18.0. The number of rotatable bonds is 4. The van der Waals surface area contributed by atoms with E-state index in [0.717, 1.165) is 31.9 Å². The molecule has 0 aliphatic carbocycles. The van der Waals surface area contributed by atoms with E-state index in [1.54, 1.807) is 24.1 Å². The number of hydrogen-bond donors (Lipinski definition) is 0. The van der Waals surface area contributed by atoms with Gasteiger partial charge in [0.15, 0.2) is 9.84 Å². The van der Waals surface area contributed by atoms with Crippen molar-refractivity contribution >= 4 is 21.4 Å². The minimum atomic E-state index is -2.99. The Morgan fingerprint density at radius 1 is 1.20 bits per heavy atom. The van der Waals surface area contributed by atoms with Crippen LogP contribution in [0, 0.1) is 5.82 Å². The first kappa shape index (κ1) is 18.1. The highest BCUT2D eigenvalue weighted by Gasteiger charge is 2.33. The highest BCUT2D eigenvalue weighted by atomic mass is 32.2. The number of carbonyl (C=O) groups is 1. The highest BCUT2D eigenvalue weighted by molar-refractivity contribution is 7.91. The number of hydrogen-bond acceptors (Lipinski definition) is 5. The van der Waals surface area contributed by atoms with Gasteiger partial charge in [-0.3, -0.25) is 9.69 Å². The molecule has 0 saturated carbocycles. The lowest BCUT2D eigenvalue weighted by atomic mass is 10.2. The Hall–Kier alpha value is -1.67. The number of amides is 1. The molecule has 2 fully saturated rings. The predicted molar refractivity (Wildman–Crippen MR) is 94.9 cm³/mol. The summed E-state index contributed by atoms with van der Waals surface area (Å²) in [6.07, 6.45) is 0.531. The van der Waals surface area contributed by atoms with Crippen molar-refractivity contribution in [3.63, 3.8) is 0 Å². The van der Waals surface area contributed by atoms with Crippen molar-refractivity contribution in [2.45, 2.75) is 12.5 Å². The summed E-state index contributed by atoms with van der Waals surface area (Å²) in [5.74, 6) is -0.0264. The van der Waals surface area contributed by atoms with Crippen LogP contribution in [-0.2, 0) is 14.6 Å². The zero-order valence-electron chi connectivity index (χ0n) is 14.4. The molecular formula is C17H24FN3O3S. The number of anilines is 1. The van der Waals surface area contributed by atoms with E-state index in [-0.39, 0.29) is 29.3 Å². The summed E-state index contributed by atoms with van der Waals surface area (Å²) in [6, 6.07) is 6.25. The van der Waals surface area contributed by atoms with E-state index in [0.29, 0.717) is 13.0 Å². The van der Waals surface area contributed by atoms with E-state index in [1.807, 2.05) is 0 Å². The summed E-state index contributed by atoms with van der Waals surface area (Å²) in [5.41, 5.74) is 0.987. The molecule has 138 valence electrons. The second-order valence-corrected chi connectivity index (χ2v) is 9.03. The lowest BCUT2D eigenvalue weighted by molar-refractivity contribution is -0.132. The average Bonchev–Trinajstić information content (AvgIpc) is 2.95. The summed E-state index contributed by atoms with van der Waals surface area (Å²) in [6.45, 7) is 3.37. The fraction of sp³-hybridized carbons (Fsp3) is 0.588. The maximum atomic E-state index is 13.0. The fourth-order valence-electron chi connectivity index (χ4n) is 3.40. The van der Waals surface area contributed by atoms with Gasteiger partial charge in [-0.25, -0.2) is 12.8 Å². The summed E-state index contributed by atoms with van der Waals surface area (Å²) < 4.78 is 36.1.